The van der Waals surface area contributed by atoms with Crippen molar-refractivity contribution in [1.29, 1.82) is 0 Å². The Bertz CT molecular complexity index is 821. The lowest BCUT2D eigenvalue weighted by Gasteiger charge is -2.27. The molecule has 0 bridgehead atoms. The molecule has 0 aliphatic heterocycles. The zero-order valence-electron chi connectivity index (χ0n) is 14.4. The minimum Gasteiger partial charge on any atom is -0.390 e. The lowest BCUT2D eigenvalue weighted by molar-refractivity contribution is 0.0141. The summed E-state index contributed by atoms with van der Waals surface area (Å²) in [5, 5.41) is 39.7. The van der Waals surface area contributed by atoms with E-state index in [9.17, 15) is 20.4 Å². The van der Waals surface area contributed by atoms with Gasteiger partial charge in [-0.15, -0.1) is 0 Å². The van der Waals surface area contributed by atoms with Crippen LogP contribution in [0.25, 0.3) is 0 Å². The molecule has 0 heterocycles. The average molecular weight is 350 g/mol. The normalized spacial score (nSPS) is 27.1. The molecule has 0 radical (unpaired) electrons. The SMILES string of the molecule is O[C@@H]1Cc2c(C#Cc3cccc4c3C[C@@H](O)[C@@H](O)C4)cccc2C[C@@H]1O. The first-order chi connectivity index (χ1) is 12.5. The molecule has 2 aromatic rings. The number of aliphatic hydroxyl groups excluding tert-OH is 4. The fourth-order valence-corrected chi connectivity index (χ4v) is 3.92. The monoisotopic (exact) mass is 350 g/mol. The van der Waals surface area contributed by atoms with E-state index in [-0.39, 0.29) is 0 Å². The van der Waals surface area contributed by atoms with Crippen LogP contribution in [-0.4, -0.2) is 44.8 Å². The Morgan fingerprint density at radius 3 is 1.38 bits per heavy atom. The molecule has 2 aliphatic carbocycles. The summed E-state index contributed by atoms with van der Waals surface area (Å²) in [6, 6.07) is 11.7. The number of fused-ring (bicyclic) bond motifs is 2. The van der Waals surface area contributed by atoms with Gasteiger partial charge in [0, 0.05) is 36.8 Å². The Hall–Kier alpha value is -2.16. The van der Waals surface area contributed by atoms with E-state index in [1.54, 1.807) is 0 Å². The number of benzene rings is 2. The molecule has 134 valence electrons. The van der Waals surface area contributed by atoms with Crippen molar-refractivity contribution in [2.24, 2.45) is 0 Å². The van der Waals surface area contributed by atoms with Crippen molar-refractivity contribution in [3.8, 4) is 11.8 Å². The van der Waals surface area contributed by atoms with Gasteiger partial charge < -0.3 is 20.4 Å². The molecule has 0 saturated carbocycles. The van der Waals surface area contributed by atoms with Crippen molar-refractivity contribution in [2.45, 2.75) is 50.1 Å². The molecular formula is C22H22O4. The molecular weight excluding hydrogens is 328 g/mol. The van der Waals surface area contributed by atoms with Gasteiger partial charge in [-0.25, -0.2) is 0 Å². The van der Waals surface area contributed by atoms with Gasteiger partial charge >= 0.3 is 0 Å². The molecule has 2 aromatic carbocycles. The van der Waals surface area contributed by atoms with Crippen molar-refractivity contribution >= 4 is 0 Å². The van der Waals surface area contributed by atoms with Gasteiger partial charge in [-0.1, -0.05) is 36.1 Å². The van der Waals surface area contributed by atoms with Gasteiger partial charge in [0.05, 0.1) is 24.4 Å². The lowest BCUT2D eigenvalue weighted by atomic mass is 9.84. The van der Waals surface area contributed by atoms with Crippen LogP contribution in [0.1, 0.15) is 33.4 Å². The average Bonchev–Trinajstić information content (AvgIpc) is 2.62. The van der Waals surface area contributed by atoms with Crippen LogP contribution in [0.15, 0.2) is 36.4 Å². The molecule has 0 saturated heterocycles. The highest BCUT2D eigenvalue weighted by Crippen LogP contribution is 2.26. The van der Waals surface area contributed by atoms with E-state index in [4.69, 9.17) is 0 Å². The molecule has 4 N–H and O–H groups in total. The first kappa shape index (κ1) is 17.3. The second-order valence-corrected chi connectivity index (χ2v) is 7.22. The predicted octanol–water partition coefficient (Wildman–Crippen LogP) is 0.727. The van der Waals surface area contributed by atoms with Crippen molar-refractivity contribution in [2.75, 3.05) is 0 Å². The second kappa shape index (κ2) is 6.86. The molecule has 0 unspecified atom stereocenters. The van der Waals surface area contributed by atoms with Crippen LogP contribution < -0.4 is 0 Å². The minimum atomic E-state index is -0.758. The standard InChI is InChI=1S/C22H22O4/c23-19-9-15-5-1-3-13(17(15)11-21(19)25)7-8-14-4-2-6-16-10-20(24)22(26)12-18(14)16/h1-6,19-26H,9-12H2/t19-,20-,21+,22+/m0/s1. The molecule has 4 heteroatoms. The zero-order chi connectivity index (χ0) is 18.3. The van der Waals surface area contributed by atoms with Crippen LogP contribution in [0.3, 0.4) is 0 Å². The lowest BCUT2D eigenvalue weighted by Crippen LogP contribution is -2.35. The van der Waals surface area contributed by atoms with Gasteiger partial charge in [0.25, 0.3) is 0 Å². The maximum atomic E-state index is 10.00. The summed E-state index contributed by atoms with van der Waals surface area (Å²) < 4.78 is 0. The smallest absolute Gasteiger partial charge is 0.0843 e. The van der Waals surface area contributed by atoms with E-state index in [0.29, 0.717) is 25.7 Å². The molecule has 4 rings (SSSR count). The van der Waals surface area contributed by atoms with E-state index in [0.717, 1.165) is 33.4 Å². The number of hydrogen-bond donors (Lipinski definition) is 4. The third-order valence-corrected chi connectivity index (χ3v) is 5.45. The van der Waals surface area contributed by atoms with Gasteiger partial charge in [0.15, 0.2) is 0 Å². The van der Waals surface area contributed by atoms with E-state index in [1.807, 2.05) is 36.4 Å². The third kappa shape index (κ3) is 3.15. The second-order valence-electron chi connectivity index (χ2n) is 7.22. The molecule has 0 aromatic heterocycles. The summed E-state index contributed by atoms with van der Waals surface area (Å²) in [4.78, 5) is 0. The molecule has 2 aliphatic rings. The number of aliphatic hydroxyl groups is 4. The number of hydrogen-bond acceptors (Lipinski definition) is 4. The highest BCUT2D eigenvalue weighted by Gasteiger charge is 2.27. The Labute approximate surface area is 152 Å². The highest BCUT2D eigenvalue weighted by molar-refractivity contribution is 5.54. The van der Waals surface area contributed by atoms with Gasteiger partial charge in [-0.05, 0) is 34.4 Å². The first-order valence-corrected chi connectivity index (χ1v) is 8.98. The number of rotatable bonds is 0. The zero-order valence-corrected chi connectivity index (χ0v) is 14.4. The van der Waals surface area contributed by atoms with E-state index in [1.165, 1.54) is 0 Å². The van der Waals surface area contributed by atoms with Crippen molar-refractivity contribution < 1.29 is 20.4 Å². The molecule has 26 heavy (non-hydrogen) atoms. The summed E-state index contributed by atoms with van der Waals surface area (Å²) in [5.74, 6) is 6.43. The maximum Gasteiger partial charge on any atom is 0.0843 e. The Morgan fingerprint density at radius 2 is 0.962 bits per heavy atom. The third-order valence-electron chi connectivity index (χ3n) is 5.45. The topological polar surface area (TPSA) is 80.9 Å². The van der Waals surface area contributed by atoms with Gasteiger partial charge in [-0.3, -0.25) is 0 Å². The summed E-state index contributed by atoms with van der Waals surface area (Å²) in [7, 11) is 0. The summed E-state index contributed by atoms with van der Waals surface area (Å²) >= 11 is 0. The van der Waals surface area contributed by atoms with Crippen LogP contribution in [0.5, 0.6) is 0 Å². The Balaban J connectivity index is 1.70. The molecule has 4 nitrogen and oxygen atoms in total. The van der Waals surface area contributed by atoms with E-state index >= 15 is 0 Å². The van der Waals surface area contributed by atoms with Crippen LogP contribution in [-0.2, 0) is 25.7 Å². The minimum absolute atomic E-state index is 0.402. The van der Waals surface area contributed by atoms with E-state index < -0.39 is 24.4 Å². The highest BCUT2D eigenvalue weighted by atomic mass is 16.3. The predicted molar refractivity (Wildman–Crippen MR) is 97.7 cm³/mol. The summed E-state index contributed by atoms with van der Waals surface area (Å²) in [6.45, 7) is 0. The van der Waals surface area contributed by atoms with Crippen LogP contribution in [0.2, 0.25) is 0 Å². The first-order valence-electron chi connectivity index (χ1n) is 8.98. The van der Waals surface area contributed by atoms with Gasteiger partial charge in [0.1, 0.15) is 0 Å². The fraction of sp³-hybridized carbons (Fsp3) is 0.364. The molecule has 0 amide bonds. The van der Waals surface area contributed by atoms with Crippen LogP contribution >= 0.6 is 0 Å². The maximum absolute atomic E-state index is 10.00. The Morgan fingerprint density at radius 1 is 0.577 bits per heavy atom. The van der Waals surface area contributed by atoms with Crippen molar-refractivity contribution in [3.63, 3.8) is 0 Å². The van der Waals surface area contributed by atoms with Gasteiger partial charge in [0.2, 0.25) is 0 Å². The quantitative estimate of drug-likeness (QED) is 0.528. The van der Waals surface area contributed by atoms with E-state index in [2.05, 4.69) is 11.8 Å². The van der Waals surface area contributed by atoms with Crippen LogP contribution in [0, 0.1) is 11.8 Å². The van der Waals surface area contributed by atoms with Crippen molar-refractivity contribution in [1.82, 2.24) is 0 Å². The Kier molecular flexibility index (Phi) is 4.56. The summed E-state index contributed by atoms with van der Waals surface area (Å²) in [5.41, 5.74) is 5.78. The largest absolute Gasteiger partial charge is 0.390 e. The molecule has 0 fully saturated rings. The fourth-order valence-electron chi connectivity index (χ4n) is 3.92. The van der Waals surface area contributed by atoms with Crippen molar-refractivity contribution in [3.05, 3.63) is 69.8 Å². The van der Waals surface area contributed by atoms with Crippen LogP contribution in [0.4, 0.5) is 0 Å². The van der Waals surface area contributed by atoms with Gasteiger partial charge in [-0.2, -0.15) is 0 Å². The molecule has 0 spiro atoms. The molecule has 4 atom stereocenters. The summed E-state index contributed by atoms with van der Waals surface area (Å²) in [6.07, 6.45) is -1.27.